The average molecular weight is 524 g/mol. The number of carbonyl (C=O) groups excluding carboxylic acids is 1. The van der Waals surface area contributed by atoms with Gasteiger partial charge in [0.25, 0.3) is 7.82 Å². The third-order valence-corrected chi connectivity index (χ3v) is 6.91. The third kappa shape index (κ3) is 23.6. The van der Waals surface area contributed by atoms with Gasteiger partial charge in [0.2, 0.25) is 0 Å². The molecule has 0 spiro atoms. The van der Waals surface area contributed by atoms with Crippen LogP contribution in [0.15, 0.2) is 0 Å². The number of quaternary nitrogens is 1. The van der Waals surface area contributed by atoms with Gasteiger partial charge in [-0.2, -0.15) is 0 Å². The average Bonchev–Trinajstić information content (AvgIpc) is 2.79. The van der Waals surface area contributed by atoms with E-state index >= 15 is 0 Å². The molecule has 9 heteroatoms. The highest BCUT2D eigenvalue weighted by Gasteiger charge is 2.23. The molecule has 0 saturated carbocycles. The summed E-state index contributed by atoms with van der Waals surface area (Å²) in [6.45, 7) is 3.02. The highest BCUT2D eigenvalue weighted by Crippen LogP contribution is 2.38. The van der Waals surface area contributed by atoms with Crippen LogP contribution in [0.2, 0.25) is 0 Å². The number of hydrogen-bond acceptors (Lipinski definition) is 7. The number of likely N-dealkylation sites (N-methyl/N-ethyl adjacent to an activating group) is 1. The molecule has 0 radical (unpaired) electrons. The molecule has 0 rings (SSSR count). The van der Waals surface area contributed by atoms with E-state index in [1.165, 1.54) is 84.2 Å². The molecule has 8 nitrogen and oxygen atoms in total. The van der Waals surface area contributed by atoms with Crippen LogP contribution in [0.4, 0.5) is 0 Å². The highest BCUT2D eigenvalue weighted by molar-refractivity contribution is 7.45. The maximum atomic E-state index is 11.9. The predicted octanol–water partition coefficient (Wildman–Crippen LogP) is 5.48. The normalized spacial score (nSPS) is 14.6. The van der Waals surface area contributed by atoms with Crippen molar-refractivity contribution in [2.75, 3.05) is 61.2 Å². The van der Waals surface area contributed by atoms with Gasteiger partial charge in [-0.25, -0.2) is 0 Å². The lowest BCUT2D eigenvalue weighted by Gasteiger charge is -2.28. The van der Waals surface area contributed by atoms with Gasteiger partial charge in [-0.05, 0) is 6.42 Å². The van der Waals surface area contributed by atoms with E-state index in [1.54, 1.807) is 0 Å². The molecule has 210 valence electrons. The minimum Gasteiger partial charge on any atom is -0.756 e. The Bertz CT molecular complexity index is 554. The zero-order valence-electron chi connectivity index (χ0n) is 23.3. The van der Waals surface area contributed by atoms with Crippen LogP contribution in [0.3, 0.4) is 0 Å². The lowest BCUT2D eigenvalue weighted by molar-refractivity contribution is -0.870. The number of rotatable bonds is 25. The Balaban J connectivity index is 3.80. The minimum atomic E-state index is -4.48. The fourth-order valence-corrected chi connectivity index (χ4v) is 4.36. The number of ether oxygens (including phenoxy) is 2. The van der Waals surface area contributed by atoms with Crippen LogP contribution >= 0.6 is 7.82 Å². The summed E-state index contributed by atoms with van der Waals surface area (Å²) in [4.78, 5) is 23.9. The van der Waals surface area contributed by atoms with E-state index in [0.29, 0.717) is 17.6 Å². The SMILES string of the molecule is CCCCCCCCCCCCCCCCOCC(COP(=O)([O-])OCC[N+](C)(C)C)C(=O)OC. The fourth-order valence-electron chi connectivity index (χ4n) is 3.62. The maximum absolute atomic E-state index is 11.9. The summed E-state index contributed by atoms with van der Waals surface area (Å²) in [5.74, 6) is -1.37. The number of esters is 1. The Morgan fingerprint density at radius 1 is 0.771 bits per heavy atom. The van der Waals surface area contributed by atoms with Crippen molar-refractivity contribution in [2.24, 2.45) is 5.92 Å². The van der Waals surface area contributed by atoms with Crippen molar-refractivity contribution in [2.45, 2.75) is 96.8 Å². The number of hydrogen-bond donors (Lipinski definition) is 0. The Labute approximate surface area is 215 Å². The van der Waals surface area contributed by atoms with Gasteiger partial charge in [-0.1, -0.05) is 90.4 Å². The minimum absolute atomic E-state index is 0.0167. The van der Waals surface area contributed by atoms with Gasteiger partial charge < -0.3 is 27.9 Å². The largest absolute Gasteiger partial charge is 0.756 e. The van der Waals surface area contributed by atoms with Crippen LogP contribution in [-0.4, -0.2) is 71.7 Å². The molecule has 0 aromatic carbocycles. The third-order valence-electron chi connectivity index (χ3n) is 5.94. The molecular weight excluding hydrogens is 469 g/mol. The zero-order valence-corrected chi connectivity index (χ0v) is 24.2. The molecule has 0 aromatic heterocycles. The molecule has 0 N–H and O–H groups in total. The molecule has 2 atom stereocenters. The molecule has 2 unspecified atom stereocenters. The van der Waals surface area contributed by atoms with Crippen molar-refractivity contribution in [1.29, 1.82) is 0 Å². The summed E-state index contributed by atoms with van der Waals surface area (Å²) in [5, 5.41) is 0. The predicted molar refractivity (Wildman–Crippen MR) is 139 cm³/mol. The number of unbranched alkanes of at least 4 members (excludes halogenated alkanes) is 13. The molecule has 0 heterocycles. The number of phosphoric ester groups is 1. The van der Waals surface area contributed by atoms with Gasteiger partial charge in [0.05, 0.1) is 41.5 Å². The van der Waals surface area contributed by atoms with E-state index in [-0.39, 0.29) is 19.8 Å². The van der Waals surface area contributed by atoms with E-state index < -0.39 is 19.7 Å². The Hall–Kier alpha value is -0.500. The monoisotopic (exact) mass is 523 g/mol. The first kappa shape index (κ1) is 34.5. The molecule has 0 aliphatic heterocycles. The van der Waals surface area contributed by atoms with E-state index in [2.05, 4.69) is 6.92 Å². The molecule has 0 aromatic rings. The van der Waals surface area contributed by atoms with Gasteiger partial charge in [0.15, 0.2) is 0 Å². The smallest absolute Gasteiger partial charge is 0.313 e. The lowest BCUT2D eigenvalue weighted by Crippen LogP contribution is -2.37. The summed E-state index contributed by atoms with van der Waals surface area (Å²) in [5.41, 5.74) is 0. The van der Waals surface area contributed by atoms with Crippen LogP contribution in [-0.2, 0) is 27.9 Å². The highest BCUT2D eigenvalue weighted by atomic mass is 31.2. The number of phosphoric acid groups is 1. The van der Waals surface area contributed by atoms with Crippen molar-refractivity contribution in [3.8, 4) is 0 Å². The van der Waals surface area contributed by atoms with Gasteiger partial charge in [0.1, 0.15) is 19.1 Å². The van der Waals surface area contributed by atoms with Crippen molar-refractivity contribution in [1.82, 2.24) is 0 Å². The second-order valence-electron chi connectivity index (χ2n) is 10.5. The van der Waals surface area contributed by atoms with Gasteiger partial charge >= 0.3 is 5.97 Å². The first-order chi connectivity index (χ1) is 16.6. The zero-order chi connectivity index (χ0) is 26.4. The number of methoxy groups -OCH3 is 1. The van der Waals surface area contributed by atoms with E-state index in [1.807, 2.05) is 21.1 Å². The quantitative estimate of drug-likeness (QED) is 0.0677. The van der Waals surface area contributed by atoms with E-state index in [4.69, 9.17) is 18.5 Å². The molecule has 0 amide bonds. The summed E-state index contributed by atoms with van der Waals surface area (Å²) in [7, 11) is 2.58. The molecule has 35 heavy (non-hydrogen) atoms. The molecular formula is C26H54NO7P. The van der Waals surface area contributed by atoms with E-state index in [9.17, 15) is 14.3 Å². The summed E-state index contributed by atoms with van der Waals surface area (Å²) in [6.07, 6.45) is 18.1. The Morgan fingerprint density at radius 2 is 1.26 bits per heavy atom. The van der Waals surface area contributed by atoms with Gasteiger partial charge in [-0.15, -0.1) is 0 Å². The maximum Gasteiger partial charge on any atom is 0.313 e. The molecule has 0 fully saturated rings. The topological polar surface area (TPSA) is 94.1 Å². The summed E-state index contributed by atoms with van der Waals surface area (Å²) in [6, 6.07) is 0. The van der Waals surface area contributed by atoms with Crippen LogP contribution in [0, 0.1) is 5.92 Å². The second-order valence-corrected chi connectivity index (χ2v) is 11.9. The Kier molecular flexibility index (Phi) is 21.3. The van der Waals surface area contributed by atoms with Crippen LogP contribution in [0.25, 0.3) is 0 Å². The number of nitrogens with zero attached hydrogens (tertiary/aromatic N) is 1. The molecule has 0 aliphatic rings. The number of carbonyl (C=O) groups is 1. The molecule has 0 bridgehead atoms. The molecule has 0 saturated heterocycles. The summed E-state index contributed by atoms with van der Waals surface area (Å²) < 4.78 is 32.6. The first-order valence-electron chi connectivity index (χ1n) is 13.7. The fraction of sp³-hybridized carbons (Fsp3) is 0.962. The van der Waals surface area contributed by atoms with Crippen LogP contribution in [0.5, 0.6) is 0 Å². The van der Waals surface area contributed by atoms with Gasteiger partial charge in [0, 0.05) is 6.61 Å². The van der Waals surface area contributed by atoms with Crippen molar-refractivity contribution >= 4 is 13.8 Å². The van der Waals surface area contributed by atoms with Crippen LogP contribution < -0.4 is 4.89 Å². The standard InChI is InChI=1S/C26H54NO7P/c1-6-7-8-9-10-11-12-13-14-15-16-17-18-19-21-32-23-25(26(28)31-5)24-34-35(29,30)33-22-20-27(2,3)4/h25H,6-24H2,1-5H3. The lowest BCUT2D eigenvalue weighted by atomic mass is 10.0. The van der Waals surface area contributed by atoms with Crippen molar-refractivity contribution in [3.63, 3.8) is 0 Å². The Morgan fingerprint density at radius 3 is 1.71 bits per heavy atom. The van der Waals surface area contributed by atoms with Crippen molar-refractivity contribution in [3.05, 3.63) is 0 Å². The van der Waals surface area contributed by atoms with Gasteiger partial charge in [-0.3, -0.25) is 9.36 Å². The molecule has 0 aliphatic carbocycles. The first-order valence-corrected chi connectivity index (χ1v) is 15.1. The summed E-state index contributed by atoms with van der Waals surface area (Å²) >= 11 is 0. The van der Waals surface area contributed by atoms with E-state index in [0.717, 1.165) is 12.8 Å². The van der Waals surface area contributed by atoms with Crippen molar-refractivity contribution < 1.29 is 37.3 Å². The second kappa shape index (κ2) is 21.6. The van der Waals surface area contributed by atoms with Crippen LogP contribution in [0.1, 0.15) is 96.8 Å².